The lowest BCUT2D eigenvalue weighted by atomic mass is 10.1. The van der Waals surface area contributed by atoms with Crippen molar-refractivity contribution in [2.45, 2.75) is 31.7 Å². The minimum atomic E-state index is -0.0829. The molecular weight excluding hydrogens is 280 g/mol. The van der Waals surface area contributed by atoms with Crippen LogP contribution in [-0.4, -0.2) is 30.3 Å². The van der Waals surface area contributed by atoms with Crippen LogP contribution in [0.25, 0.3) is 0 Å². The molecule has 1 aromatic heterocycles. The average molecular weight is 299 g/mol. The van der Waals surface area contributed by atoms with Crippen LogP contribution in [0.1, 0.15) is 25.0 Å². The topological polar surface area (TPSA) is 25.4 Å². The molecule has 0 atom stereocenters. The first-order valence-corrected chi connectivity index (χ1v) is 7.04. The van der Waals surface area contributed by atoms with Crippen LogP contribution in [0, 0.1) is 6.92 Å². The lowest BCUT2D eigenvalue weighted by molar-refractivity contribution is -0.0279. The molecule has 94 valence electrons. The summed E-state index contributed by atoms with van der Waals surface area (Å²) in [5, 5.41) is 0.857. The first-order valence-electron chi connectivity index (χ1n) is 5.92. The van der Waals surface area contributed by atoms with Gasteiger partial charge in [0.05, 0.1) is 12.2 Å². The molecule has 0 amide bonds. The molecule has 1 saturated heterocycles. The second-order valence-electron chi connectivity index (χ2n) is 5.15. The van der Waals surface area contributed by atoms with Gasteiger partial charge in [-0.3, -0.25) is 0 Å². The number of morpholine rings is 1. The van der Waals surface area contributed by atoms with E-state index >= 15 is 0 Å². The van der Waals surface area contributed by atoms with Crippen LogP contribution < -0.4 is 4.90 Å². The zero-order chi connectivity index (χ0) is 12.5. The highest BCUT2D eigenvalue weighted by molar-refractivity contribution is 9.08. The van der Waals surface area contributed by atoms with Crippen molar-refractivity contribution < 1.29 is 4.74 Å². The zero-order valence-electron chi connectivity index (χ0n) is 10.7. The fourth-order valence-corrected chi connectivity index (χ4v) is 2.53. The monoisotopic (exact) mass is 298 g/mol. The van der Waals surface area contributed by atoms with Crippen molar-refractivity contribution in [1.29, 1.82) is 0 Å². The molecule has 0 aliphatic carbocycles. The molecule has 0 saturated carbocycles. The quantitative estimate of drug-likeness (QED) is 0.785. The highest BCUT2D eigenvalue weighted by Gasteiger charge is 2.28. The third-order valence-corrected chi connectivity index (χ3v) is 3.63. The molecule has 0 bridgehead atoms. The first kappa shape index (κ1) is 12.8. The largest absolute Gasteiger partial charge is 0.372 e. The summed E-state index contributed by atoms with van der Waals surface area (Å²) in [7, 11) is 0. The molecular formula is C13H19BrN2O. The Balaban J connectivity index is 2.22. The first-order chi connectivity index (χ1) is 8.02. The summed E-state index contributed by atoms with van der Waals surface area (Å²) >= 11 is 3.46. The van der Waals surface area contributed by atoms with E-state index in [0.29, 0.717) is 0 Å². The molecule has 1 fully saturated rings. The number of alkyl halides is 1. The van der Waals surface area contributed by atoms with Crippen LogP contribution in [0.5, 0.6) is 0 Å². The molecule has 0 aromatic carbocycles. The van der Waals surface area contributed by atoms with Crippen molar-refractivity contribution >= 4 is 21.7 Å². The van der Waals surface area contributed by atoms with Gasteiger partial charge in [-0.1, -0.05) is 22.0 Å². The van der Waals surface area contributed by atoms with E-state index in [-0.39, 0.29) is 5.60 Å². The van der Waals surface area contributed by atoms with Crippen molar-refractivity contribution in [3.8, 4) is 0 Å². The van der Waals surface area contributed by atoms with Crippen LogP contribution in [0.2, 0.25) is 0 Å². The van der Waals surface area contributed by atoms with Gasteiger partial charge in [-0.25, -0.2) is 4.98 Å². The van der Waals surface area contributed by atoms with Crippen LogP contribution in [0.4, 0.5) is 5.82 Å². The smallest absolute Gasteiger partial charge is 0.131 e. The van der Waals surface area contributed by atoms with Gasteiger partial charge < -0.3 is 9.64 Å². The van der Waals surface area contributed by atoms with Gasteiger partial charge in [0, 0.05) is 24.6 Å². The van der Waals surface area contributed by atoms with Crippen molar-refractivity contribution in [2.24, 2.45) is 0 Å². The maximum Gasteiger partial charge on any atom is 0.131 e. The van der Waals surface area contributed by atoms with Gasteiger partial charge in [-0.15, -0.1) is 0 Å². The minimum absolute atomic E-state index is 0.0829. The average Bonchev–Trinajstić information content (AvgIpc) is 2.27. The summed E-state index contributed by atoms with van der Waals surface area (Å²) in [5.41, 5.74) is 2.37. The molecule has 0 radical (unpaired) electrons. The summed E-state index contributed by atoms with van der Waals surface area (Å²) < 4.78 is 5.72. The predicted molar refractivity (Wildman–Crippen MR) is 73.8 cm³/mol. The molecule has 3 nitrogen and oxygen atoms in total. The summed E-state index contributed by atoms with van der Waals surface area (Å²) in [5.74, 6) is 1.09. The van der Waals surface area contributed by atoms with E-state index in [4.69, 9.17) is 4.74 Å². The zero-order valence-corrected chi connectivity index (χ0v) is 12.2. The minimum Gasteiger partial charge on any atom is -0.372 e. The predicted octanol–water partition coefficient (Wildman–Crippen LogP) is 2.90. The maximum atomic E-state index is 5.72. The second kappa shape index (κ2) is 4.94. The summed E-state index contributed by atoms with van der Waals surface area (Å²) in [6, 6.07) is 2.19. The number of halogens is 1. The summed E-state index contributed by atoms with van der Waals surface area (Å²) in [6.07, 6.45) is 1.94. The van der Waals surface area contributed by atoms with E-state index in [1.54, 1.807) is 0 Å². The molecule has 4 heteroatoms. The van der Waals surface area contributed by atoms with E-state index in [1.165, 1.54) is 11.1 Å². The number of ether oxygens (including phenoxy) is 1. The molecule has 1 aromatic rings. The number of rotatable bonds is 2. The number of nitrogens with zero attached hydrogens (tertiary/aromatic N) is 2. The standard InChI is InChI=1S/C13H19BrN2O/c1-10-6-11(7-14)8-15-12(10)16-4-5-17-13(2,3)9-16/h6,8H,4-5,7,9H2,1-3H3. The molecule has 0 unspecified atom stereocenters. The summed E-state index contributed by atoms with van der Waals surface area (Å²) in [6.45, 7) is 8.97. The lowest BCUT2D eigenvalue weighted by Gasteiger charge is -2.39. The Morgan fingerprint density at radius 2 is 2.29 bits per heavy atom. The van der Waals surface area contributed by atoms with Crippen molar-refractivity contribution in [2.75, 3.05) is 24.6 Å². The number of anilines is 1. The molecule has 2 heterocycles. The number of aryl methyl sites for hydroxylation is 1. The van der Waals surface area contributed by atoms with Gasteiger partial charge in [0.1, 0.15) is 5.82 Å². The van der Waals surface area contributed by atoms with Gasteiger partial charge in [0.25, 0.3) is 0 Å². The summed E-state index contributed by atoms with van der Waals surface area (Å²) in [4.78, 5) is 6.89. The number of hydrogen-bond donors (Lipinski definition) is 0. The Kier molecular flexibility index (Phi) is 3.73. The lowest BCUT2D eigenvalue weighted by Crippen LogP contribution is -2.48. The highest BCUT2D eigenvalue weighted by atomic mass is 79.9. The Morgan fingerprint density at radius 3 is 2.88 bits per heavy atom. The molecule has 1 aliphatic heterocycles. The van der Waals surface area contributed by atoms with Gasteiger partial charge in [-0.05, 0) is 31.9 Å². The van der Waals surface area contributed by atoms with E-state index in [0.717, 1.165) is 30.8 Å². The molecule has 0 spiro atoms. The number of aromatic nitrogens is 1. The third kappa shape index (κ3) is 2.99. The van der Waals surface area contributed by atoms with Gasteiger partial charge in [0.2, 0.25) is 0 Å². The van der Waals surface area contributed by atoms with E-state index < -0.39 is 0 Å². The normalized spacial score (nSPS) is 19.4. The maximum absolute atomic E-state index is 5.72. The van der Waals surface area contributed by atoms with Crippen molar-refractivity contribution in [3.63, 3.8) is 0 Å². The molecule has 0 N–H and O–H groups in total. The fraction of sp³-hybridized carbons (Fsp3) is 0.615. The fourth-order valence-electron chi connectivity index (χ4n) is 2.23. The Morgan fingerprint density at radius 1 is 1.53 bits per heavy atom. The van der Waals surface area contributed by atoms with Crippen LogP contribution in [-0.2, 0) is 10.1 Å². The van der Waals surface area contributed by atoms with Gasteiger partial charge in [0.15, 0.2) is 0 Å². The molecule has 1 aliphatic rings. The van der Waals surface area contributed by atoms with E-state index in [2.05, 4.69) is 52.7 Å². The van der Waals surface area contributed by atoms with Crippen LogP contribution >= 0.6 is 15.9 Å². The van der Waals surface area contributed by atoms with E-state index in [1.807, 2.05) is 6.20 Å². The van der Waals surface area contributed by atoms with Crippen molar-refractivity contribution in [1.82, 2.24) is 4.98 Å². The van der Waals surface area contributed by atoms with Crippen molar-refractivity contribution in [3.05, 3.63) is 23.4 Å². The number of hydrogen-bond acceptors (Lipinski definition) is 3. The highest BCUT2D eigenvalue weighted by Crippen LogP contribution is 2.24. The second-order valence-corrected chi connectivity index (χ2v) is 5.71. The Hall–Kier alpha value is -0.610. The number of pyridine rings is 1. The van der Waals surface area contributed by atoms with Crippen LogP contribution in [0.3, 0.4) is 0 Å². The van der Waals surface area contributed by atoms with Gasteiger partial charge in [-0.2, -0.15) is 0 Å². The van der Waals surface area contributed by atoms with E-state index in [9.17, 15) is 0 Å². The van der Waals surface area contributed by atoms with Gasteiger partial charge >= 0.3 is 0 Å². The Bertz CT molecular complexity index is 406. The SMILES string of the molecule is Cc1cc(CBr)cnc1N1CCOC(C)(C)C1. The third-order valence-electron chi connectivity index (χ3n) is 2.99. The molecule has 2 rings (SSSR count). The Labute approximate surface area is 111 Å². The molecule has 17 heavy (non-hydrogen) atoms. The van der Waals surface area contributed by atoms with Crippen LogP contribution in [0.15, 0.2) is 12.3 Å².